The van der Waals surface area contributed by atoms with Crippen molar-refractivity contribution in [3.8, 4) is 11.1 Å². The first-order valence-corrected chi connectivity index (χ1v) is 6.12. The van der Waals surface area contributed by atoms with Gasteiger partial charge in [0.1, 0.15) is 5.82 Å². The number of hydrogen-bond donors (Lipinski definition) is 1. The number of aryl methyl sites for hydroxylation is 2. The largest absolute Gasteiger partial charge is 0.383 e. The summed E-state index contributed by atoms with van der Waals surface area (Å²) >= 11 is 1.69. The van der Waals surface area contributed by atoms with Gasteiger partial charge in [-0.25, -0.2) is 4.98 Å². The molecule has 1 aromatic carbocycles. The van der Waals surface area contributed by atoms with Crippen molar-refractivity contribution in [3.05, 3.63) is 29.4 Å². The molecule has 0 atom stereocenters. The lowest BCUT2D eigenvalue weighted by Crippen LogP contribution is -1.97. The highest BCUT2D eigenvalue weighted by atomic mass is 32.1. The monoisotopic (exact) mass is 244 g/mol. The zero-order chi connectivity index (χ0) is 12.0. The Kier molecular flexibility index (Phi) is 2.16. The number of hydrogen-bond acceptors (Lipinski definition) is 4. The number of rotatable bonds is 1. The summed E-state index contributed by atoms with van der Waals surface area (Å²) in [6.07, 6.45) is 1.80. The van der Waals surface area contributed by atoms with Crippen LogP contribution in [0.4, 0.5) is 5.82 Å². The summed E-state index contributed by atoms with van der Waals surface area (Å²) in [4.78, 5) is 4.44. The van der Waals surface area contributed by atoms with Gasteiger partial charge in [0.15, 0.2) is 0 Å². The van der Waals surface area contributed by atoms with Crippen molar-refractivity contribution in [1.29, 1.82) is 0 Å². The van der Waals surface area contributed by atoms with Gasteiger partial charge in [0.25, 0.3) is 0 Å². The molecule has 17 heavy (non-hydrogen) atoms. The van der Waals surface area contributed by atoms with Gasteiger partial charge in [-0.3, -0.25) is 4.68 Å². The van der Waals surface area contributed by atoms with Gasteiger partial charge in [-0.05, 0) is 24.6 Å². The Balaban J connectivity index is 2.20. The molecule has 86 valence electrons. The van der Waals surface area contributed by atoms with Crippen LogP contribution < -0.4 is 5.73 Å². The molecule has 0 radical (unpaired) electrons. The summed E-state index contributed by atoms with van der Waals surface area (Å²) in [7, 11) is 1.84. The number of nitrogen functional groups attached to an aromatic ring is 1. The maximum absolute atomic E-state index is 5.97. The van der Waals surface area contributed by atoms with Crippen LogP contribution in [-0.2, 0) is 7.05 Å². The van der Waals surface area contributed by atoms with Gasteiger partial charge in [-0.1, -0.05) is 6.07 Å². The summed E-state index contributed by atoms with van der Waals surface area (Å²) in [5, 5.41) is 5.24. The fourth-order valence-electron chi connectivity index (χ4n) is 1.88. The van der Waals surface area contributed by atoms with Crippen molar-refractivity contribution in [2.75, 3.05) is 5.73 Å². The summed E-state index contributed by atoms with van der Waals surface area (Å²) < 4.78 is 2.86. The number of nitrogens with zero attached hydrogens (tertiary/aromatic N) is 3. The number of nitrogens with two attached hydrogens (primary N) is 1. The normalized spacial score (nSPS) is 11.2. The van der Waals surface area contributed by atoms with E-state index in [0.29, 0.717) is 5.82 Å². The van der Waals surface area contributed by atoms with Crippen LogP contribution in [0.3, 0.4) is 0 Å². The summed E-state index contributed by atoms with van der Waals surface area (Å²) in [6.45, 7) is 2.02. The van der Waals surface area contributed by atoms with E-state index >= 15 is 0 Å². The molecular weight excluding hydrogens is 232 g/mol. The van der Waals surface area contributed by atoms with E-state index in [1.165, 1.54) is 4.70 Å². The first-order valence-electron chi connectivity index (χ1n) is 5.30. The molecule has 2 N–H and O–H groups in total. The van der Waals surface area contributed by atoms with Crippen LogP contribution in [0, 0.1) is 6.92 Å². The highest BCUT2D eigenvalue weighted by Crippen LogP contribution is 2.30. The van der Waals surface area contributed by atoms with Gasteiger partial charge in [0, 0.05) is 12.6 Å². The predicted molar refractivity (Wildman–Crippen MR) is 71.0 cm³/mol. The fraction of sp³-hybridized carbons (Fsp3) is 0.167. The highest BCUT2D eigenvalue weighted by Gasteiger charge is 2.09. The molecule has 4 nitrogen and oxygen atoms in total. The molecule has 3 rings (SSSR count). The Morgan fingerprint density at radius 3 is 2.88 bits per heavy atom. The Morgan fingerprint density at radius 1 is 1.35 bits per heavy atom. The van der Waals surface area contributed by atoms with E-state index in [1.807, 2.05) is 26.1 Å². The van der Waals surface area contributed by atoms with Crippen molar-refractivity contribution in [3.63, 3.8) is 0 Å². The van der Waals surface area contributed by atoms with Crippen LogP contribution in [-0.4, -0.2) is 14.8 Å². The Hall–Kier alpha value is -1.88. The third kappa shape index (κ3) is 1.59. The molecule has 0 saturated carbocycles. The maximum atomic E-state index is 5.97. The molecule has 0 bridgehead atoms. The van der Waals surface area contributed by atoms with E-state index in [1.54, 1.807) is 22.2 Å². The zero-order valence-corrected chi connectivity index (χ0v) is 10.5. The molecule has 0 aliphatic heterocycles. The highest BCUT2D eigenvalue weighted by molar-refractivity contribution is 7.18. The summed E-state index contributed by atoms with van der Waals surface area (Å²) in [5.74, 6) is 0.686. The molecular formula is C12H12N4S. The average molecular weight is 244 g/mol. The quantitative estimate of drug-likeness (QED) is 0.715. The number of thiazole rings is 1. The SMILES string of the molecule is Cc1nc2ccc(-c3cnn(C)c3N)cc2s1. The van der Waals surface area contributed by atoms with Crippen molar-refractivity contribution in [2.24, 2.45) is 7.05 Å². The third-order valence-electron chi connectivity index (χ3n) is 2.79. The van der Waals surface area contributed by atoms with Crippen molar-refractivity contribution < 1.29 is 0 Å². The van der Waals surface area contributed by atoms with Crippen LogP contribution in [0.2, 0.25) is 0 Å². The van der Waals surface area contributed by atoms with E-state index in [2.05, 4.69) is 16.1 Å². The van der Waals surface area contributed by atoms with Crippen LogP contribution in [0.5, 0.6) is 0 Å². The lowest BCUT2D eigenvalue weighted by atomic mass is 10.1. The molecule has 0 aliphatic carbocycles. The number of benzene rings is 1. The molecule has 0 fully saturated rings. The second-order valence-electron chi connectivity index (χ2n) is 3.98. The van der Waals surface area contributed by atoms with Crippen molar-refractivity contribution in [2.45, 2.75) is 6.92 Å². The number of anilines is 1. The standard InChI is InChI=1S/C12H12N4S/c1-7-15-10-4-3-8(5-11(10)17-7)9-6-14-16(2)12(9)13/h3-6H,13H2,1-2H3. The molecule has 0 unspecified atom stereocenters. The molecule has 0 amide bonds. The second kappa shape index (κ2) is 3.56. The smallest absolute Gasteiger partial charge is 0.129 e. The van der Waals surface area contributed by atoms with Gasteiger partial charge in [0.05, 0.1) is 21.4 Å². The van der Waals surface area contributed by atoms with Crippen LogP contribution >= 0.6 is 11.3 Å². The van der Waals surface area contributed by atoms with E-state index in [0.717, 1.165) is 21.7 Å². The minimum atomic E-state index is 0.686. The van der Waals surface area contributed by atoms with Crippen molar-refractivity contribution >= 4 is 27.4 Å². The van der Waals surface area contributed by atoms with Gasteiger partial charge in [-0.2, -0.15) is 5.10 Å². The lowest BCUT2D eigenvalue weighted by Gasteiger charge is -2.00. The van der Waals surface area contributed by atoms with Crippen molar-refractivity contribution in [1.82, 2.24) is 14.8 Å². The third-order valence-corrected chi connectivity index (χ3v) is 3.72. The van der Waals surface area contributed by atoms with E-state index in [-0.39, 0.29) is 0 Å². The van der Waals surface area contributed by atoms with E-state index < -0.39 is 0 Å². The van der Waals surface area contributed by atoms with Gasteiger partial charge < -0.3 is 5.73 Å². The van der Waals surface area contributed by atoms with E-state index in [4.69, 9.17) is 5.73 Å². The Labute approximate surface area is 103 Å². The van der Waals surface area contributed by atoms with Gasteiger partial charge in [-0.15, -0.1) is 11.3 Å². The minimum absolute atomic E-state index is 0.686. The number of fused-ring (bicyclic) bond motifs is 1. The Morgan fingerprint density at radius 2 is 2.18 bits per heavy atom. The van der Waals surface area contributed by atoms with Crippen LogP contribution in [0.15, 0.2) is 24.4 Å². The molecule has 0 aliphatic rings. The van der Waals surface area contributed by atoms with Gasteiger partial charge in [0.2, 0.25) is 0 Å². The molecule has 0 spiro atoms. The molecule has 0 saturated heterocycles. The number of aromatic nitrogens is 3. The topological polar surface area (TPSA) is 56.7 Å². The van der Waals surface area contributed by atoms with Gasteiger partial charge >= 0.3 is 0 Å². The zero-order valence-electron chi connectivity index (χ0n) is 9.64. The predicted octanol–water partition coefficient (Wildman–Crippen LogP) is 2.59. The summed E-state index contributed by atoms with van der Waals surface area (Å²) in [6, 6.07) is 6.18. The molecule has 3 aromatic rings. The Bertz CT molecular complexity index is 696. The average Bonchev–Trinajstić information content (AvgIpc) is 2.81. The van der Waals surface area contributed by atoms with Crippen LogP contribution in [0.25, 0.3) is 21.3 Å². The molecule has 5 heteroatoms. The van der Waals surface area contributed by atoms with E-state index in [9.17, 15) is 0 Å². The molecule has 2 heterocycles. The van der Waals surface area contributed by atoms with Crippen LogP contribution in [0.1, 0.15) is 5.01 Å². The maximum Gasteiger partial charge on any atom is 0.129 e. The molecule has 2 aromatic heterocycles. The fourth-order valence-corrected chi connectivity index (χ4v) is 2.74. The first kappa shape index (κ1) is 10.3. The lowest BCUT2D eigenvalue weighted by molar-refractivity contribution is 0.779. The first-order chi connectivity index (χ1) is 8.15. The summed E-state index contributed by atoms with van der Waals surface area (Å²) in [5.41, 5.74) is 9.07. The second-order valence-corrected chi connectivity index (χ2v) is 5.22. The minimum Gasteiger partial charge on any atom is -0.383 e.